The van der Waals surface area contributed by atoms with Crippen LogP contribution in [-0.2, 0) is 20.6 Å². The van der Waals surface area contributed by atoms with Gasteiger partial charge in [0.15, 0.2) is 0 Å². The van der Waals surface area contributed by atoms with Gasteiger partial charge in [-0.15, -0.1) is 0 Å². The van der Waals surface area contributed by atoms with E-state index in [2.05, 4.69) is 5.32 Å². The predicted octanol–water partition coefficient (Wildman–Crippen LogP) is -0.419. The van der Waals surface area contributed by atoms with Crippen LogP contribution < -0.4 is 16.6 Å². The molecule has 1 aromatic heterocycles. The molecule has 0 aliphatic rings. The zero-order valence-corrected chi connectivity index (χ0v) is 12.0. The predicted molar refractivity (Wildman–Crippen MR) is 74.1 cm³/mol. The Labute approximate surface area is 112 Å². The lowest BCUT2D eigenvalue weighted by Gasteiger charge is -2.14. The van der Waals surface area contributed by atoms with Crippen LogP contribution in [0.15, 0.2) is 15.8 Å². The Hall–Kier alpha value is -1.40. The molecule has 1 heterocycles. The molecule has 0 saturated carbocycles. The molecule has 0 aromatic carbocycles. The third-order valence-electron chi connectivity index (χ3n) is 3.22. The first kappa shape index (κ1) is 15.7. The minimum absolute atomic E-state index is 0.229. The van der Waals surface area contributed by atoms with E-state index in [9.17, 15) is 14.7 Å². The number of hydrogen-bond donors (Lipinski definition) is 2. The molecule has 0 aliphatic heterocycles. The molecule has 6 heteroatoms. The van der Waals surface area contributed by atoms with E-state index < -0.39 is 0 Å². The van der Waals surface area contributed by atoms with Gasteiger partial charge in [0.05, 0.1) is 6.10 Å². The van der Waals surface area contributed by atoms with Crippen molar-refractivity contribution >= 4 is 0 Å². The summed E-state index contributed by atoms with van der Waals surface area (Å²) in [6.45, 7) is 4.96. The van der Waals surface area contributed by atoms with Crippen LogP contribution in [0.4, 0.5) is 0 Å². The molecule has 0 radical (unpaired) electrons. The summed E-state index contributed by atoms with van der Waals surface area (Å²) in [4.78, 5) is 23.3. The van der Waals surface area contributed by atoms with Crippen LogP contribution in [0.2, 0.25) is 0 Å². The normalized spacial score (nSPS) is 12.9. The summed E-state index contributed by atoms with van der Waals surface area (Å²) in [6.07, 6.45) is 1.86. The van der Waals surface area contributed by atoms with Crippen molar-refractivity contribution < 1.29 is 5.11 Å². The zero-order chi connectivity index (χ0) is 14.6. The van der Waals surface area contributed by atoms with Crippen LogP contribution >= 0.6 is 0 Å². The summed E-state index contributed by atoms with van der Waals surface area (Å²) in [5, 5.41) is 12.8. The third kappa shape index (κ3) is 4.04. The molecule has 2 N–H and O–H groups in total. The summed E-state index contributed by atoms with van der Waals surface area (Å²) in [5.74, 6) is 0.229. The van der Waals surface area contributed by atoms with E-state index in [1.54, 1.807) is 13.2 Å². The van der Waals surface area contributed by atoms with E-state index in [1.165, 1.54) is 11.6 Å². The van der Waals surface area contributed by atoms with Crippen molar-refractivity contribution in [2.45, 2.75) is 32.9 Å². The fourth-order valence-electron chi connectivity index (χ4n) is 1.81. The molecule has 108 valence electrons. The Morgan fingerprint density at radius 3 is 2.53 bits per heavy atom. The lowest BCUT2D eigenvalue weighted by molar-refractivity contribution is 0.116. The quantitative estimate of drug-likeness (QED) is 0.688. The van der Waals surface area contributed by atoms with Crippen molar-refractivity contribution in [1.29, 1.82) is 0 Å². The standard InChI is InChI=1S/C13H23N3O3/c1-9(2)11(17)5-6-14-7-10-8-15(3)13(19)16(4)12(10)18/h8-9,11,14,17H,5-7H2,1-4H3. The molecule has 1 atom stereocenters. The smallest absolute Gasteiger partial charge is 0.330 e. The van der Waals surface area contributed by atoms with Crippen molar-refractivity contribution in [3.05, 3.63) is 32.6 Å². The Morgan fingerprint density at radius 2 is 1.95 bits per heavy atom. The molecule has 1 unspecified atom stereocenters. The minimum Gasteiger partial charge on any atom is -0.393 e. The van der Waals surface area contributed by atoms with Crippen molar-refractivity contribution in [3.63, 3.8) is 0 Å². The second-order valence-electron chi connectivity index (χ2n) is 5.19. The average Bonchev–Trinajstić information content (AvgIpc) is 2.37. The maximum Gasteiger partial charge on any atom is 0.330 e. The zero-order valence-electron chi connectivity index (χ0n) is 12.0. The van der Waals surface area contributed by atoms with Crippen LogP contribution in [0.25, 0.3) is 0 Å². The molecular formula is C13H23N3O3. The number of nitrogens with zero attached hydrogens (tertiary/aromatic N) is 2. The highest BCUT2D eigenvalue weighted by molar-refractivity contribution is 5.05. The Morgan fingerprint density at radius 1 is 1.32 bits per heavy atom. The second kappa shape index (κ2) is 6.68. The van der Waals surface area contributed by atoms with E-state index in [4.69, 9.17) is 0 Å². The highest BCUT2D eigenvalue weighted by Gasteiger charge is 2.09. The Bertz CT molecular complexity index is 531. The number of hydrogen-bond acceptors (Lipinski definition) is 4. The minimum atomic E-state index is -0.338. The van der Waals surface area contributed by atoms with Crippen LogP contribution in [0.1, 0.15) is 25.8 Å². The van der Waals surface area contributed by atoms with Gasteiger partial charge in [-0.3, -0.25) is 9.36 Å². The van der Waals surface area contributed by atoms with Gasteiger partial charge in [-0.05, 0) is 18.9 Å². The lowest BCUT2D eigenvalue weighted by atomic mass is 10.0. The van der Waals surface area contributed by atoms with Crippen molar-refractivity contribution in [3.8, 4) is 0 Å². The van der Waals surface area contributed by atoms with E-state index in [-0.39, 0.29) is 23.3 Å². The van der Waals surface area contributed by atoms with Gasteiger partial charge in [0.1, 0.15) is 0 Å². The van der Waals surface area contributed by atoms with Crippen LogP contribution in [0.5, 0.6) is 0 Å². The van der Waals surface area contributed by atoms with Gasteiger partial charge < -0.3 is 15.0 Å². The van der Waals surface area contributed by atoms with Crippen molar-refractivity contribution in [1.82, 2.24) is 14.5 Å². The monoisotopic (exact) mass is 269 g/mol. The molecule has 0 spiro atoms. The van der Waals surface area contributed by atoms with E-state index >= 15 is 0 Å². The molecule has 19 heavy (non-hydrogen) atoms. The highest BCUT2D eigenvalue weighted by Crippen LogP contribution is 2.04. The largest absolute Gasteiger partial charge is 0.393 e. The fourth-order valence-corrected chi connectivity index (χ4v) is 1.81. The molecule has 0 bridgehead atoms. The molecule has 0 amide bonds. The second-order valence-corrected chi connectivity index (χ2v) is 5.19. The van der Waals surface area contributed by atoms with E-state index in [0.717, 1.165) is 4.57 Å². The average molecular weight is 269 g/mol. The molecular weight excluding hydrogens is 246 g/mol. The Balaban J connectivity index is 2.60. The van der Waals surface area contributed by atoms with Gasteiger partial charge >= 0.3 is 5.69 Å². The molecule has 1 rings (SSSR count). The number of aliphatic hydroxyl groups excluding tert-OH is 1. The van der Waals surface area contributed by atoms with Gasteiger partial charge in [0.2, 0.25) is 0 Å². The maximum atomic E-state index is 11.8. The highest BCUT2D eigenvalue weighted by atomic mass is 16.3. The first-order valence-electron chi connectivity index (χ1n) is 6.49. The fraction of sp³-hybridized carbons (Fsp3) is 0.692. The molecule has 6 nitrogen and oxygen atoms in total. The van der Waals surface area contributed by atoms with Crippen LogP contribution in [0.3, 0.4) is 0 Å². The van der Waals surface area contributed by atoms with Gasteiger partial charge in [0, 0.05) is 32.4 Å². The molecule has 0 saturated heterocycles. The first-order chi connectivity index (χ1) is 8.84. The van der Waals surface area contributed by atoms with Gasteiger partial charge in [-0.25, -0.2) is 4.79 Å². The number of nitrogens with one attached hydrogen (secondary N) is 1. The number of aryl methyl sites for hydroxylation is 1. The van der Waals surface area contributed by atoms with Crippen LogP contribution in [-0.4, -0.2) is 26.9 Å². The summed E-state index contributed by atoms with van der Waals surface area (Å²) < 4.78 is 2.49. The lowest BCUT2D eigenvalue weighted by Crippen LogP contribution is -2.39. The maximum absolute atomic E-state index is 11.8. The van der Waals surface area contributed by atoms with Gasteiger partial charge in [-0.1, -0.05) is 13.8 Å². The SMILES string of the molecule is CC(C)C(O)CCNCc1cn(C)c(=O)n(C)c1=O. The number of aromatic nitrogens is 2. The molecule has 0 fully saturated rings. The summed E-state index contributed by atoms with van der Waals surface area (Å²) in [6, 6.07) is 0. The number of aliphatic hydroxyl groups is 1. The van der Waals surface area contributed by atoms with Crippen molar-refractivity contribution in [2.75, 3.05) is 6.54 Å². The van der Waals surface area contributed by atoms with Crippen LogP contribution in [0, 0.1) is 5.92 Å². The Kier molecular flexibility index (Phi) is 5.50. The van der Waals surface area contributed by atoms with Crippen molar-refractivity contribution in [2.24, 2.45) is 20.0 Å². The molecule has 0 aliphatic carbocycles. The number of rotatable bonds is 6. The van der Waals surface area contributed by atoms with E-state index in [0.29, 0.717) is 25.1 Å². The third-order valence-corrected chi connectivity index (χ3v) is 3.22. The van der Waals surface area contributed by atoms with Gasteiger partial charge in [-0.2, -0.15) is 0 Å². The summed E-state index contributed by atoms with van der Waals surface area (Å²) in [5.41, 5.74) is -0.0624. The van der Waals surface area contributed by atoms with Gasteiger partial charge in [0.25, 0.3) is 5.56 Å². The first-order valence-corrected chi connectivity index (χ1v) is 6.49. The summed E-state index contributed by atoms with van der Waals surface area (Å²) in [7, 11) is 3.09. The topological polar surface area (TPSA) is 76.3 Å². The molecule has 1 aromatic rings. The summed E-state index contributed by atoms with van der Waals surface area (Å²) >= 11 is 0. The van der Waals surface area contributed by atoms with E-state index in [1.807, 2.05) is 13.8 Å².